The Bertz CT molecular complexity index is 436. The van der Waals surface area contributed by atoms with Gasteiger partial charge >= 0.3 is 5.97 Å². The van der Waals surface area contributed by atoms with Gasteiger partial charge in [0, 0.05) is 11.3 Å². The molecule has 4 nitrogen and oxygen atoms in total. The van der Waals surface area contributed by atoms with Crippen LogP contribution in [-0.2, 0) is 14.3 Å². The smallest absolute Gasteiger partial charge is 0.342 e. The fraction of sp³-hybridized carbons (Fsp3) is 0.385. The van der Waals surface area contributed by atoms with Crippen LogP contribution in [0.5, 0.6) is 0 Å². The zero-order valence-electron chi connectivity index (χ0n) is 10.4. The first-order chi connectivity index (χ1) is 8.48. The van der Waals surface area contributed by atoms with Crippen LogP contribution in [0.4, 0.5) is 0 Å². The summed E-state index contributed by atoms with van der Waals surface area (Å²) in [7, 11) is 0. The lowest BCUT2D eigenvalue weighted by atomic mass is 9.97. The molecule has 5 heteroatoms. The Morgan fingerprint density at radius 1 is 1.56 bits per heavy atom. The van der Waals surface area contributed by atoms with Gasteiger partial charge in [-0.2, -0.15) is 0 Å². The second kappa shape index (κ2) is 6.47. The van der Waals surface area contributed by atoms with Crippen molar-refractivity contribution in [1.29, 1.82) is 0 Å². The fourth-order valence-corrected chi connectivity index (χ4v) is 2.06. The summed E-state index contributed by atoms with van der Waals surface area (Å²) in [6.45, 7) is 3.13. The van der Waals surface area contributed by atoms with Crippen LogP contribution in [0.15, 0.2) is 23.6 Å². The van der Waals surface area contributed by atoms with Crippen LogP contribution in [0.1, 0.15) is 25.1 Å². The van der Waals surface area contributed by atoms with Crippen LogP contribution in [0.25, 0.3) is 6.08 Å². The Labute approximate surface area is 110 Å². The van der Waals surface area contributed by atoms with Crippen LogP contribution in [-0.4, -0.2) is 29.1 Å². The van der Waals surface area contributed by atoms with Crippen molar-refractivity contribution < 1.29 is 19.4 Å². The lowest BCUT2D eigenvalue weighted by Gasteiger charge is -2.20. The largest absolute Gasteiger partial charge is 0.464 e. The highest BCUT2D eigenvalue weighted by Crippen LogP contribution is 2.19. The molecule has 0 unspecified atom stereocenters. The Morgan fingerprint density at radius 3 is 2.78 bits per heavy atom. The molecule has 0 spiro atoms. The highest BCUT2D eigenvalue weighted by atomic mass is 32.1. The molecule has 0 aromatic carbocycles. The van der Waals surface area contributed by atoms with E-state index in [9.17, 15) is 14.7 Å². The number of ether oxygens (including phenoxy) is 1. The van der Waals surface area contributed by atoms with Crippen molar-refractivity contribution in [2.75, 3.05) is 6.61 Å². The number of aliphatic hydroxyl groups is 1. The standard InChI is InChI=1S/C13H16O4S/c1-3-17-12(15)13(16,9-10(2)14)7-6-11-5-4-8-18-11/h4-8,16H,3,9H2,1-2H3/b7-6+/t13-/m1/s1. The number of carbonyl (C=O) groups excluding carboxylic acids is 2. The maximum Gasteiger partial charge on any atom is 0.342 e. The van der Waals surface area contributed by atoms with Gasteiger partial charge in [0.2, 0.25) is 0 Å². The number of carbonyl (C=O) groups is 2. The van der Waals surface area contributed by atoms with Gasteiger partial charge in [-0.15, -0.1) is 11.3 Å². The first kappa shape index (κ1) is 14.6. The molecule has 0 saturated carbocycles. The number of Topliss-reactive ketones (excluding diaryl/α,β-unsaturated/α-hetero) is 1. The first-order valence-electron chi connectivity index (χ1n) is 5.59. The third-order valence-corrected chi connectivity index (χ3v) is 3.05. The fourth-order valence-electron chi connectivity index (χ4n) is 1.44. The van der Waals surface area contributed by atoms with Gasteiger partial charge in [0.25, 0.3) is 0 Å². The molecule has 98 valence electrons. The van der Waals surface area contributed by atoms with Crippen LogP contribution >= 0.6 is 11.3 Å². The zero-order chi connectivity index (χ0) is 13.6. The minimum absolute atomic E-state index is 0.159. The van der Waals surface area contributed by atoms with E-state index < -0.39 is 11.6 Å². The van der Waals surface area contributed by atoms with E-state index in [1.165, 1.54) is 24.3 Å². The van der Waals surface area contributed by atoms with Gasteiger partial charge in [-0.1, -0.05) is 6.07 Å². The van der Waals surface area contributed by atoms with E-state index in [2.05, 4.69) is 0 Å². The van der Waals surface area contributed by atoms with Gasteiger partial charge in [-0.25, -0.2) is 4.79 Å². The molecular formula is C13H16O4S. The summed E-state index contributed by atoms with van der Waals surface area (Å²) in [5.74, 6) is -1.07. The molecular weight excluding hydrogens is 252 g/mol. The molecule has 1 aromatic heterocycles. The maximum absolute atomic E-state index is 11.7. The highest BCUT2D eigenvalue weighted by Gasteiger charge is 2.36. The summed E-state index contributed by atoms with van der Waals surface area (Å²) in [5.41, 5.74) is -1.88. The van der Waals surface area contributed by atoms with Gasteiger partial charge in [-0.05, 0) is 37.4 Å². The van der Waals surface area contributed by atoms with E-state index in [1.807, 2.05) is 17.5 Å². The lowest BCUT2D eigenvalue weighted by Crippen LogP contribution is -2.39. The Balaban J connectivity index is 2.89. The minimum Gasteiger partial charge on any atom is -0.464 e. The summed E-state index contributed by atoms with van der Waals surface area (Å²) in [6, 6.07) is 3.71. The van der Waals surface area contributed by atoms with Crippen molar-refractivity contribution in [2.45, 2.75) is 25.9 Å². The molecule has 0 aliphatic rings. The van der Waals surface area contributed by atoms with E-state index in [4.69, 9.17) is 4.74 Å². The van der Waals surface area contributed by atoms with Crippen molar-refractivity contribution in [1.82, 2.24) is 0 Å². The van der Waals surface area contributed by atoms with Gasteiger partial charge in [0.05, 0.1) is 6.61 Å². The van der Waals surface area contributed by atoms with Crippen LogP contribution in [0.2, 0.25) is 0 Å². The second-order valence-electron chi connectivity index (χ2n) is 3.87. The molecule has 0 fully saturated rings. The molecule has 0 aliphatic carbocycles. The molecule has 0 radical (unpaired) electrons. The average molecular weight is 268 g/mol. The topological polar surface area (TPSA) is 63.6 Å². The molecule has 1 aromatic rings. The van der Waals surface area contributed by atoms with Gasteiger partial charge in [0.1, 0.15) is 5.78 Å². The third kappa shape index (κ3) is 4.09. The van der Waals surface area contributed by atoms with E-state index in [-0.39, 0.29) is 18.8 Å². The van der Waals surface area contributed by atoms with Crippen molar-refractivity contribution in [3.8, 4) is 0 Å². The van der Waals surface area contributed by atoms with E-state index in [0.717, 1.165) is 4.88 Å². The zero-order valence-corrected chi connectivity index (χ0v) is 11.2. The van der Waals surface area contributed by atoms with Crippen LogP contribution in [0, 0.1) is 0 Å². The maximum atomic E-state index is 11.7. The predicted octanol–water partition coefficient (Wildman–Crippen LogP) is 2.03. The van der Waals surface area contributed by atoms with Gasteiger partial charge in [-0.3, -0.25) is 4.79 Å². The van der Waals surface area contributed by atoms with Crippen LogP contribution in [0.3, 0.4) is 0 Å². The normalized spacial score (nSPS) is 14.4. The van der Waals surface area contributed by atoms with Gasteiger partial charge < -0.3 is 9.84 Å². The lowest BCUT2D eigenvalue weighted by molar-refractivity contribution is -0.161. The number of rotatable bonds is 6. The van der Waals surface area contributed by atoms with Crippen molar-refractivity contribution in [3.63, 3.8) is 0 Å². The van der Waals surface area contributed by atoms with E-state index >= 15 is 0 Å². The third-order valence-electron chi connectivity index (χ3n) is 2.21. The predicted molar refractivity (Wildman–Crippen MR) is 70.2 cm³/mol. The first-order valence-corrected chi connectivity index (χ1v) is 6.47. The van der Waals surface area contributed by atoms with Crippen molar-refractivity contribution in [3.05, 3.63) is 28.5 Å². The number of ketones is 1. The van der Waals surface area contributed by atoms with E-state index in [1.54, 1.807) is 13.0 Å². The highest BCUT2D eigenvalue weighted by molar-refractivity contribution is 7.10. The van der Waals surface area contributed by atoms with Crippen LogP contribution < -0.4 is 0 Å². The molecule has 0 amide bonds. The summed E-state index contributed by atoms with van der Waals surface area (Å²) in [4.78, 5) is 23.7. The Morgan fingerprint density at radius 2 is 2.28 bits per heavy atom. The summed E-state index contributed by atoms with van der Waals surface area (Å²) >= 11 is 1.47. The Kier molecular flexibility index (Phi) is 5.25. The average Bonchev–Trinajstić information content (AvgIpc) is 2.78. The summed E-state index contributed by atoms with van der Waals surface area (Å²) in [6.07, 6.45) is 2.65. The molecule has 18 heavy (non-hydrogen) atoms. The molecule has 0 saturated heterocycles. The Hall–Kier alpha value is -1.46. The molecule has 0 bridgehead atoms. The van der Waals surface area contributed by atoms with Gasteiger partial charge in [0.15, 0.2) is 5.60 Å². The molecule has 1 atom stereocenters. The number of hydrogen-bond donors (Lipinski definition) is 1. The quantitative estimate of drug-likeness (QED) is 0.802. The second-order valence-corrected chi connectivity index (χ2v) is 4.85. The van der Waals surface area contributed by atoms with E-state index in [0.29, 0.717) is 0 Å². The summed E-state index contributed by atoms with van der Waals surface area (Å²) in [5, 5.41) is 12.1. The molecule has 1 heterocycles. The number of hydrogen-bond acceptors (Lipinski definition) is 5. The van der Waals surface area contributed by atoms with Crippen molar-refractivity contribution in [2.24, 2.45) is 0 Å². The summed E-state index contributed by atoms with van der Waals surface area (Å²) < 4.78 is 4.79. The molecule has 0 aliphatic heterocycles. The minimum atomic E-state index is -1.88. The number of thiophene rings is 1. The molecule has 1 rings (SSSR count). The van der Waals surface area contributed by atoms with Crippen molar-refractivity contribution >= 4 is 29.2 Å². The monoisotopic (exact) mass is 268 g/mol. The SMILES string of the molecule is CCOC(=O)[C@@](O)(/C=C/c1cccs1)CC(C)=O. The molecule has 1 N–H and O–H groups in total. The number of esters is 1.